The molecule has 1 aliphatic carbocycles. The van der Waals surface area contributed by atoms with Crippen molar-refractivity contribution in [2.75, 3.05) is 32.7 Å². The average Bonchev–Trinajstić information content (AvgIpc) is 3.31. The molecule has 1 aromatic carbocycles. The largest absolute Gasteiger partial charge is 0.339 e. The van der Waals surface area contributed by atoms with Crippen LogP contribution in [0.5, 0.6) is 0 Å². The van der Waals surface area contributed by atoms with Crippen molar-refractivity contribution in [3.05, 3.63) is 57.8 Å². The molecule has 0 unspecified atom stereocenters. The van der Waals surface area contributed by atoms with Gasteiger partial charge in [-0.25, -0.2) is 0 Å². The Kier molecular flexibility index (Phi) is 4.66. The lowest BCUT2D eigenvalue weighted by Crippen LogP contribution is -2.53. The molecule has 3 aliphatic rings. The number of hydrogen-bond donors (Lipinski definition) is 0. The molecule has 154 valence electrons. The maximum atomic E-state index is 12.8. The summed E-state index contributed by atoms with van der Waals surface area (Å²) in [6.45, 7) is 1.55. The van der Waals surface area contributed by atoms with Gasteiger partial charge < -0.3 is 9.80 Å². The number of benzene rings is 1. The standard InChI is InChI=1S/C22H21N3O4S/c26-19(13-25-21(28)14-4-1-2-5-15(14)22(25)29)23-7-9-24(10-8-23)20(27)17-12-16(17)18-6-3-11-30-18/h1-6,11,16-17H,7-10,12-13H2/t16-,17+/m0/s1. The van der Waals surface area contributed by atoms with Crippen molar-refractivity contribution in [3.8, 4) is 0 Å². The van der Waals surface area contributed by atoms with Crippen LogP contribution in [0.25, 0.3) is 0 Å². The summed E-state index contributed by atoms with van der Waals surface area (Å²) in [5.74, 6) is -0.548. The number of amides is 4. The first kappa shape index (κ1) is 19.0. The van der Waals surface area contributed by atoms with Crippen molar-refractivity contribution in [3.63, 3.8) is 0 Å². The van der Waals surface area contributed by atoms with Crippen LogP contribution in [0.1, 0.15) is 37.9 Å². The first-order chi connectivity index (χ1) is 14.5. The monoisotopic (exact) mass is 423 g/mol. The number of hydrogen-bond acceptors (Lipinski definition) is 5. The van der Waals surface area contributed by atoms with Crippen molar-refractivity contribution in [1.29, 1.82) is 0 Å². The van der Waals surface area contributed by atoms with Gasteiger partial charge in [-0.2, -0.15) is 0 Å². The highest BCUT2D eigenvalue weighted by Gasteiger charge is 2.47. The number of carbonyl (C=O) groups excluding carboxylic acids is 4. The summed E-state index contributed by atoms with van der Waals surface area (Å²) < 4.78 is 0. The summed E-state index contributed by atoms with van der Waals surface area (Å²) in [4.78, 5) is 56.1. The third-order valence-electron chi connectivity index (χ3n) is 6.13. The van der Waals surface area contributed by atoms with Crippen molar-refractivity contribution >= 4 is 35.0 Å². The molecule has 0 bridgehead atoms. The Morgan fingerprint density at radius 2 is 1.53 bits per heavy atom. The fourth-order valence-corrected chi connectivity index (χ4v) is 5.22. The molecule has 5 rings (SSSR count). The lowest BCUT2D eigenvalue weighted by molar-refractivity contribution is -0.140. The molecule has 2 aromatic rings. The molecular weight excluding hydrogens is 402 g/mol. The van der Waals surface area contributed by atoms with Gasteiger partial charge in [0.15, 0.2) is 0 Å². The third-order valence-corrected chi connectivity index (χ3v) is 7.14. The van der Waals surface area contributed by atoms with Crippen LogP contribution in [0.2, 0.25) is 0 Å². The molecule has 3 heterocycles. The number of nitrogens with zero attached hydrogens (tertiary/aromatic N) is 3. The Morgan fingerprint density at radius 1 is 0.900 bits per heavy atom. The lowest BCUT2D eigenvalue weighted by Gasteiger charge is -2.35. The number of thiophene rings is 1. The molecule has 7 nitrogen and oxygen atoms in total. The SMILES string of the molecule is O=C(CN1C(=O)c2ccccc2C1=O)N1CCN(C(=O)[C@@H]2C[C@@H]2c2cccs2)CC1. The quantitative estimate of drug-likeness (QED) is 0.703. The highest BCUT2D eigenvalue weighted by atomic mass is 32.1. The second-order valence-electron chi connectivity index (χ2n) is 7.91. The molecule has 0 N–H and O–H groups in total. The summed E-state index contributed by atoms with van der Waals surface area (Å²) >= 11 is 1.69. The molecule has 2 aliphatic heterocycles. The van der Waals surface area contributed by atoms with Gasteiger partial charge in [-0.3, -0.25) is 24.1 Å². The molecule has 8 heteroatoms. The Labute approximate surface area is 177 Å². The second kappa shape index (κ2) is 7.36. The maximum Gasteiger partial charge on any atom is 0.262 e. The topological polar surface area (TPSA) is 78.0 Å². The van der Waals surface area contributed by atoms with E-state index in [0.717, 1.165) is 11.3 Å². The lowest BCUT2D eigenvalue weighted by atomic mass is 10.1. The third kappa shape index (κ3) is 3.21. The number of fused-ring (bicyclic) bond motifs is 1. The minimum absolute atomic E-state index is 0.0595. The summed E-state index contributed by atoms with van der Waals surface area (Å²) in [6.07, 6.45) is 0.901. The first-order valence-corrected chi connectivity index (χ1v) is 11.0. The zero-order chi connectivity index (χ0) is 20.8. The average molecular weight is 423 g/mol. The van der Waals surface area contributed by atoms with E-state index in [9.17, 15) is 19.2 Å². The fourth-order valence-electron chi connectivity index (χ4n) is 4.31. The highest BCUT2D eigenvalue weighted by molar-refractivity contribution is 7.10. The van der Waals surface area contributed by atoms with E-state index in [1.807, 2.05) is 16.3 Å². The number of rotatable bonds is 4. The normalized spacial score (nSPS) is 23.0. The van der Waals surface area contributed by atoms with Crippen LogP contribution in [-0.2, 0) is 9.59 Å². The van der Waals surface area contributed by atoms with E-state index < -0.39 is 11.8 Å². The molecule has 1 saturated carbocycles. The molecule has 0 radical (unpaired) electrons. The van der Waals surface area contributed by atoms with E-state index in [1.165, 1.54) is 4.88 Å². The zero-order valence-electron chi connectivity index (χ0n) is 16.3. The van der Waals surface area contributed by atoms with Crippen LogP contribution < -0.4 is 0 Å². The summed E-state index contributed by atoms with van der Waals surface area (Å²) in [6, 6.07) is 10.7. The highest BCUT2D eigenvalue weighted by Crippen LogP contribution is 2.50. The molecule has 0 spiro atoms. The van der Waals surface area contributed by atoms with Gasteiger partial charge in [-0.05, 0) is 30.0 Å². The molecule has 1 saturated heterocycles. The van der Waals surface area contributed by atoms with Gasteiger partial charge in [0.2, 0.25) is 11.8 Å². The predicted molar refractivity (Wildman–Crippen MR) is 110 cm³/mol. The van der Waals surface area contributed by atoms with Crippen molar-refractivity contribution in [2.24, 2.45) is 5.92 Å². The van der Waals surface area contributed by atoms with E-state index in [4.69, 9.17) is 0 Å². The van der Waals surface area contributed by atoms with Crippen LogP contribution in [0.3, 0.4) is 0 Å². The Hall–Kier alpha value is -3.00. The predicted octanol–water partition coefficient (Wildman–Crippen LogP) is 1.82. The minimum Gasteiger partial charge on any atom is -0.339 e. The molecule has 30 heavy (non-hydrogen) atoms. The van der Waals surface area contributed by atoms with Crippen LogP contribution in [-0.4, -0.2) is 71.1 Å². The van der Waals surface area contributed by atoms with Gasteiger partial charge in [-0.15, -0.1) is 11.3 Å². The zero-order valence-corrected chi connectivity index (χ0v) is 17.1. The van der Waals surface area contributed by atoms with E-state index in [1.54, 1.807) is 40.5 Å². The van der Waals surface area contributed by atoms with Gasteiger partial charge in [-0.1, -0.05) is 18.2 Å². The summed E-state index contributed by atoms with van der Waals surface area (Å²) in [7, 11) is 0. The maximum absolute atomic E-state index is 12.8. The van der Waals surface area contributed by atoms with Gasteiger partial charge in [0.05, 0.1) is 11.1 Å². The van der Waals surface area contributed by atoms with Crippen molar-refractivity contribution in [1.82, 2.24) is 14.7 Å². The first-order valence-electron chi connectivity index (χ1n) is 10.1. The van der Waals surface area contributed by atoms with E-state index in [0.29, 0.717) is 43.2 Å². The van der Waals surface area contributed by atoms with Crippen molar-refractivity contribution < 1.29 is 19.2 Å². The van der Waals surface area contributed by atoms with Gasteiger partial charge in [0.1, 0.15) is 6.54 Å². The van der Waals surface area contributed by atoms with Gasteiger partial charge in [0, 0.05) is 42.9 Å². The molecule has 1 aromatic heterocycles. The molecule has 4 amide bonds. The summed E-state index contributed by atoms with van der Waals surface area (Å²) in [5, 5.41) is 2.04. The van der Waals surface area contributed by atoms with Crippen LogP contribution >= 0.6 is 11.3 Å². The van der Waals surface area contributed by atoms with Crippen LogP contribution in [0, 0.1) is 5.92 Å². The Morgan fingerprint density at radius 3 is 2.13 bits per heavy atom. The minimum atomic E-state index is -0.425. The Balaban J connectivity index is 1.15. The van der Waals surface area contributed by atoms with Gasteiger partial charge in [0.25, 0.3) is 11.8 Å². The van der Waals surface area contributed by atoms with Gasteiger partial charge >= 0.3 is 0 Å². The van der Waals surface area contributed by atoms with Crippen LogP contribution in [0.15, 0.2) is 41.8 Å². The van der Waals surface area contributed by atoms with Crippen LogP contribution in [0.4, 0.5) is 0 Å². The molecular formula is C22H21N3O4S. The molecule has 2 atom stereocenters. The Bertz CT molecular complexity index is 992. The second-order valence-corrected chi connectivity index (χ2v) is 8.89. The van der Waals surface area contributed by atoms with E-state index in [2.05, 4.69) is 6.07 Å². The van der Waals surface area contributed by atoms with Crippen molar-refractivity contribution in [2.45, 2.75) is 12.3 Å². The summed E-state index contributed by atoms with van der Waals surface area (Å²) in [5.41, 5.74) is 0.686. The van der Waals surface area contributed by atoms with E-state index in [-0.39, 0.29) is 24.3 Å². The smallest absolute Gasteiger partial charge is 0.262 e. The number of carbonyl (C=O) groups is 4. The molecule has 2 fully saturated rings. The number of piperazine rings is 1. The fraction of sp³-hybridized carbons (Fsp3) is 0.364. The van der Waals surface area contributed by atoms with E-state index >= 15 is 0 Å². The number of imide groups is 1.